The summed E-state index contributed by atoms with van der Waals surface area (Å²) in [6.45, 7) is 8.24. The van der Waals surface area contributed by atoms with Crippen LogP contribution in [-0.4, -0.2) is 37.2 Å². The molecule has 1 aromatic rings. The second-order valence-electron chi connectivity index (χ2n) is 5.41. The van der Waals surface area contributed by atoms with Gasteiger partial charge in [-0.05, 0) is 37.8 Å². The van der Waals surface area contributed by atoms with Crippen LogP contribution in [-0.2, 0) is 11.3 Å². The van der Waals surface area contributed by atoms with Crippen molar-refractivity contribution in [2.45, 2.75) is 46.3 Å². The molecule has 1 rings (SSSR count). The summed E-state index contributed by atoms with van der Waals surface area (Å²) in [6.07, 6.45) is 1.95. The Hall–Kier alpha value is -1.55. The molecular weight excluding hydrogens is 264 g/mol. The van der Waals surface area contributed by atoms with E-state index in [0.717, 1.165) is 19.4 Å². The fourth-order valence-electron chi connectivity index (χ4n) is 2.13. The van der Waals surface area contributed by atoms with Crippen LogP contribution >= 0.6 is 0 Å². The second kappa shape index (κ2) is 9.40. The van der Waals surface area contributed by atoms with E-state index in [0.29, 0.717) is 13.1 Å². The molecule has 1 atom stereocenters. The minimum atomic E-state index is 0.00315. The van der Waals surface area contributed by atoms with Gasteiger partial charge in [-0.15, -0.1) is 0 Å². The molecule has 2 amide bonds. The van der Waals surface area contributed by atoms with Crippen LogP contribution in [0.5, 0.6) is 0 Å². The molecule has 4 heteroatoms. The lowest BCUT2D eigenvalue weighted by Crippen LogP contribution is -2.41. The highest BCUT2D eigenvalue weighted by Gasteiger charge is 2.13. The first kappa shape index (κ1) is 17.5. The van der Waals surface area contributed by atoms with E-state index in [1.54, 1.807) is 7.11 Å². The number of methoxy groups -OCH3 is 1. The SMILES string of the molecule is CCCN(Cc1ccccc1C)C(=O)NCC[C@@H](C)OC. The number of aryl methyl sites for hydroxylation is 1. The van der Waals surface area contributed by atoms with Crippen molar-refractivity contribution >= 4 is 6.03 Å². The second-order valence-corrected chi connectivity index (χ2v) is 5.41. The van der Waals surface area contributed by atoms with E-state index in [4.69, 9.17) is 4.74 Å². The summed E-state index contributed by atoms with van der Waals surface area (Å²) in [6, 6.07) is 8.21. The van der Waals surface area contributed by atoms with E-state index in [2.05, 4.69) is 31.3 Å². The van der Waals surface area contributed by atoms with Crippen molar-refractivity contribution in [2.24, 2.45) is 0 Å². The topological polar surface area (TPSA) is 41.6 Å². The van der Waals surface area contributed by atoms with Crippen LogP contribution in [0.1, 0.15) is 37.8 Å². The molecule has 0 unspecified atom stereocenters. The molecule has 0 heterocycles. The molecule has 4 nitrogen and oxygen atoms in total. The molecule has 0 aromatic heterocycles. The van der Waals surface area contributed by atoms with E-state index in [1.807, 2.05) is 24.0 Å². The molecule has 0 saturated heterocycles. The highest BCUT2D eigenvalue weighted by Crippen LogP contribution is 2.11. The molecule has 1 aromatic carbocycles. The van der Waals surface area contributed by atoms with Gasteiger partial charge in [0.2, 0.25) is 0 Å². The molecule has 0 fully saturated rings. The zero-order valence-corrected chi connectivity index (χ0v) is 13.7. The van der Waals surface area contributed by atoms with Gasteiger partial charge in [-0.25, -0.2) is 4.79 Å². The number of ether oxygens (including phenoxy) is 1. The van der Waals surface area contributed by atoms with E-state index in [1.165, 1.54) is 11.1 Å². The van der Waals surface area contributed by atoms with Crippen LogP contribution in [0.15, 0.2) is 24.3 Å². The molecule has 21 heavy (non-hydrogen) atoms. The molecular formula is C17H28N2O2. The summed E-state index contributed by atoms with van der Waals surface area (Å²) in [5, 5.41) is 2.98. The average Bonchev–Trinajstić information content (AvgIpc) is 2.48. The maximum atomic E-state index is 12.3. The number of carbonyl (C=O) groups is 1. The van der Waals surface area contributed by atoms with E-state index in [-0.39, 0.29) is 12.1 Å². The standard InChI is InChI=1S/C17H28N2O2/c1-5-12-19(13-16-9-7-6-8-14(16)2)17(20)18-11-10-15(3)21-4/h6-9,15H,5,10-13H2,1-4H3,(H,18,20)/t15-/m1/s1. The first-order valence-corrected chi connectivity index (χ1v) is 7.68. The number of nitrogens with one attached hydrogen (secondary N) is 1. The predicted octanol–water partition coefficient (Wildman–Crippen LogP) is 3.34. The molecule has 1 N–H and O–H groups in total. The Morgan fingerprint density at radius 3 is 2.71 bits per heavy atom. The number of nitrogens with zero attached hydrogens (tertiary/aromatic N) is 1. The van der Waals surface area contributed by atoms with Crippen LogP contribution in [0.2, 0.25) is 0 Å². The fourth-order valence-corrected chi connectivity index (χ4v) is 2.13. The zero-order valence-electron chi connectivity index (χ0n) is 13.7. The Morgan fingerprint density at radius 1 is 1.38 bits per heavy atom. The van der Waals surface area contributed by atoms with Crippen molar-refractivity contribution in [3.63, 3.8) is 0 Å². The number of amides is 2. The van der Waals surface area contributed by atoms with Crippen LogP contribution in [0, 0.1) is 6.92 Å². The summed E-state index contributed by atoms with van der Waals surface area (Å²) in [7, 11) is 1.69. The van der Waals surface area contributed by atoms with Gasteiger partial charge in [0, 0.05) is 26.7 Å². The van der Waals surface area contributed by atoms with Gasteiger partial charge in [0.05, 0.1) is 6.10 Å². The summed E-state index contributed by atoms with van der Waals surface area (Å²) in [4.78, 5) is 14.2. The predicted molar refractivity (Wildman–Crippen MR) is 86.4 cm³/mol. The van der Waals surface area contributed by atoms with Gasteiger partial charge < -0.3 is 15.0 Å². The summed E-state index contributed by atoms with van der Waals surface area (Å²) >= 11 is 0. The highest BCUT2D eigenvalue weighted by molar-refractivity contribution is 5.74. The van der Waals surface area contributed by atoms with Gasteiger partial charge in [0.1, 0.15) is 0 Å². The third kappa shape index (κ3) is 6.17. The summed E-state index contributed by atoms with van der Waals surface area (Å²) in [5.74, 6) is 0. The Kier molecular flexibility index (Phi) is 7.83. The van der Waals surface area contributed by atoms with Gasteiger partial charge in [-0.3, -0.25) is 0 Å². The third-order valence-corrected chi connectivity index (χ3v) is 3.63. The summed E-state index contributed by atoms with van der Waals surface area (Å²) < 4.78 is 5.19. The highest BCUT2D eigenvalue weighted by atomic mass is 16.5. The van der Waals surface area contributed by atoms with Crippen LogP contribution in [0.3, 0.4) is 0 Å². The first-order chi connectivity index (χ1) is 10.1. The minimum Gasteiger partial charge on any atom is -0.382 e. The van der Waals surface area contributed by atoms with Crippen LogP contribution in [0.4, 0.5) is 4.79 Å². The number of urea groups is 1. The number of rotatable bonds is 8. The first-order valence-electron chi connectivity index (χ1n) is 7.68. The van der Waals surface area contributed by atoms with Crippen molar-refractivity contribution in [3.05, 3.63) is 35.4 Å². The number of hydrogen-bond acceptors (Lipinski definition) is 2. The smallest absolute Gasteiger partial charge is 0.317 e. The van der Waals surface area contributed by atoms with Gasteiger partial charge in [-0.2, -0.15) is 0 Å². The Morgan fingerprint density at radius 2 is 2.10 bits per heavy atom. The molecule has 0 aliphatic heterocycles. The molecule has 0 saturated carbocycles. The van der Waals surface area contributed by atoms with Gasteiger partial charge in [-0.1, -0.05) is 31.2 Å². The molecule has 0 aliphatic rings. The van der Waals surface area contributed by atoms with Crippen molar-refractivity contribution in [1.82, 2.24) is 10.2 Å². The molecule has 118 valence electrons. The average molecular weight is 292 g/mol. The van der Waals surface area contributed by atoms with E-state index in [9.17, 15) is 4.79 Å². The van der Waals surface area contributed by atoms with Gasteiger partial charge >= 0.3 is 6.03 Å². The normalized spacial score (nSPS) is 12.0. The fraction of sp³-hybridized carbons (Fsp3) is 0.588. The number of hydrogen-bond donors (Lipinski definition) is 1. The molecule has 0 aliphatic carbocycles. The maximum Gasteiger partial charge on any atom is 0.317 e. The van der Waals surface area contributed by atoms with Crippen molar-refractivity contribution in [1.29, 1.82) is 0 Å². The van der Waals surface area contributed by atoms with Crippen molar-refractivity contribution in [3.8, 4) is 0 Å². The minimum absolute atomic E-state index is 0.00315. The quantitative estimate of drug-likeness (QED) is 0.798. The zero-order chi connectivity index (χ0) is 15.7. The van der Waals surface area contributed by atoms with Crippen LogP contribution in [0.25, 0.3) is 0 Å². The Bertz CT molecular complexity index is 435. The largest absolute Gasteiger partial charge is 0.382 e. The summed E-state index contributed by atoms with van der Waals surface area (Å²) in [5.41, 5.74) is 2.42. The third-order valence-electron chi connectivity index (χ3n) is 3.63. The van der Waals surface area contributed by atoms with Gasteiger partial charge in [0.15, 0.2) is 0 Å². The Balaban J connectivity index is 2.56. The van der Waals surface area contributed by atoms with Gasteiger partial charge in [0.25, 0.3) is 0 Å². The Labute approximate surface area is 128 Å². The molecule has 0 spiro atoms. The van der Waals surface area contributed by atoms with E-state index < -0.39 is 0 Å². The molecule has 0 bridgehead atoms. The van der Waals surface area contributed by atoms with Crippen molar-refractivity contribution < 1.29 is 9.53 Å². The lowest BCUT2D eigenvalue weighted by atomic mass is 10.1. The van der Waals surface area contributed by atoms with Crippen LogP contribution < -0.4 is 5.32 Å². The lowest BCUT2D eigenvalue weighted by Gasteiger charge is -2.24. The monoisotopic (exact) mass is 292 g/mol. The van der Waals surface area contributed by atoms with Crippen molar-refractivity contribution in [2.75, 3.05) is 20.2 Å². The molecule has 0 radical (unpaired) electrons. The number of carbonyl (C=O) groups excluding carboxylic acids is 1. The number of benzene rings is 1. The van der Waals surface area contributed by atoms with E-state index >= 15 is 0 Å². The maximum absolute atomic E-state index is 12.3. The lowest BCUT2D eigenvalue weighted by molar-refractivity contribution is 0.110.